The fraction of sp³-hybridized carbons (Fsp3) is 0.0952. The number of rotatable bonds is 5. The molecule has 28 heavy (non-hydrogen) atoms. The standard InChI is InChI=1S/C21H17N5O2/c27-20(18-9-3-4-11-23-18)24-13-19-16-7-1-2-8-17(16)21(28)26(25-19)14-15-6-5-10-22-12-15/h1-12H,13-14H2,(H,24,27). The Hall–Kier alpha value is -3.87. The Balaban J connectivity index is 1.68. The molecule has 1 aromatic carbocycles. The van der Waals surface area contributed by atoms with Crippen LogP contribution in [0.1, 0.15) is 21.7 Å². The van der Waals surface area contributed by atoms with Gasteiger partial charge in [-0.25, -0.2) is 4.68 Å². The van der Waals surface area contributed by atoms with Crippen molar-refractivity contribution in [2.75, 3.05) is 0 Å². The first-order valence-electron chi connectivity index (χ1n) is 8.79. The zero-order chi connectivity index (χ0) is 19.3. The van der Waals surface area contributed by atoms with E-state index >= 15 is 0 Å². The van der Waals surface area contributed by atoms with E-state index in [1.807, 2.05) is 30.3 Å². The lowest BCUT2D eigenvalue weighted by atomic mass is 10.1. The van der Waals surface area contributed by atoms with E-state index < -0.39 is 0 Å². The van der Waals surface area contributed by atoms with Crippen molar-refractivity contribution in [1.82, 2.24) is 25.1 Å². The van der Waals surface area contributed by atoms with Crippen LogP contribution in [0, 0.1) is 0 Å². The Bertz CT molecular complexity index is 1170. The predicted octanol–water partition coefficient (Wildman–Crippen LogP) is 2.16. The summed E-state index contributed by atoms with van der Waals surface area (Å²) in [5, 5.41) is 8.61. The Kier molecular flexibility index (Phi) is 4.88. The number of aromatic nitrogens is 4. The second-order valence-corrected chi connectivity index (χ2v) is 6.21. The molecule has 1 N–H and O–H groups in total. The average molecular weight is 371 g/mol. The summed E-state index contributed by atoms with van der Waals surface area (Å²) < 4.78 is 1.40. The summed E-state index contributed by atoms with van der Waals surface area (Å²) in [5.41, 5.74) is 1.63. The van der Waals surface area contributed by atoms with Gasteiger partial charge >= 0.3 is 0 Å². The second-order valence-electron chi connectivity index (χ2n) is 6.21. The summed E-state index contributed by atoms with van der Waals surface area (Å²) in [7, 11) is 0. The molecule has 0 bridgehead atoms. The van der Waals surface area contributed by atoms with Crippen LogP contribution < -0.4 is 10.9 Å². The third-order valence-electron chi connectivity index (χ3n) is 4.31. The van der Waals surface area contributed by atoms with E-state index in [4.69, 9.17) is 0 Å². The molecule has 0 aliphatic heterocycles. The minimum absolute atomic E-state index is 0.181. The maximum atomic E-state index is 12.8. The molecule has 0 saturated carbocycles. The van der Waals surface area contributed by atoms with Crippen LogP contribution in [-0.2, 0) is 13.1 Å². The highest BCUT2D eigenvalue weighted by atomic mass is 16.2. The molecule has 0 radical (unpaired) electrons. The molecule has 4 rings (SSSR count). The monoisotopic (exact) mass is 371 g/mol. The van der Waals surface area contributed by atoms with Gasteiger partial charge in [0.25, 0.3) is 11.5 Å². The number of benzene rings is 1. The van der Waals surface area contributed by atoms with E-state index in [1.165, 1.54) is 4.68 Å². The number of carbonyl (C=O) groups excluding carboxylic acids is 1. The fourth-order valence-corrected chi connectivity index (χ4v) is 2.96. The van der Waals surface area contributed by atoms with Crippen molar-refractivity contribution in [1.29, 1.82) is 0 Å². The van der Waals surface area contributed by atoms with Gasteiger partial charge in [-0.1, -0.05) is 30.3 Å². The van der Waals surface area contributed by atoms with Crippen molar-refractivity contribution < 1.29 is 4.79 Å². The molecular weight excluding hydrogens is 354 g/mol. The molecule has 7 heteroatoms. The summed E-state index contributed by atoms with van der Waals surface area (Å²) in [6, 6.07) is 16.1. The van der Waals surface area contributed by atoms with Gasteiger partial charge in [-0.05, 0) is 29.8 Å². The zero-order valence-electron chi connectivity index (χ0n) is 14.9. The molecule has 0 aliphatic rings. The van der Waals surface area contributed by atoms with Gasteiger partial charge in [-0.2, -0.15) is 5.10 Å². The molecule has 4 aromatic rings. The number of carbonyl (C=O) groups is 1. The highest BCUT2D eigenvalue weighted by molar-refractivity contribution is 5.92. The van der Waals surface area contributed by atoms with E-state index in [9.17, 15) is 9.59 Å². The molecule has 1 amide bonds. The number of nitrogens with zero attached hydrogens (tertiary/aromatic N) is 4. The van der Waals surface area contributed by atoms with Gasteiger partial charge in [0.2, 0.25) is 0 Å². The van der Waals surface area contributed by atoms with Crippen LogP contribution >= 0.6 is 0 Å². The summed E-state index contributed by atoms with van der Waals surface area (Å²) in [6.45, 7) is 0.488. The van der Waals surface area contributed by atoms with E-state index in [2.05, 4.69) is 20.4 Å². The van der Waals surface area contributed by atoms with E-state index in [1.54, 1.807) is 42.9 Å². The molecular formula is C21H17N5O2. The van der Waals surface area contributed by atoms with Gasteiger partial charge in [0.05, 0.1) is 24.2 Å². The summed E-state index contributed by atoms with van der Waals surface area (Å²) in [6.07, 6.45) is 4.95. The van der Waals surface area contributed by atoms with E-state index in [0.717, 1.165) is 10.9 Å². The highest BCUT2D eigenvalue weighted by Gasteiger charge is 2.13. The van der Waals surface area contributed by atoms with Crippen molar-refractivity contribution >= 4 is 16.7 Å². The third kappa shape index (κ3) is 3.64. The maximum absolute atomic E-state index is 12.8. The third-order valence-corrected chi connectivity index (χ3v) is 4.31. The van der Waals surface area contributed by atoms with Crippen LogP contribution in [0.2, 0.25) is 0 Å². The average Bonchev–Trinajstić information content (AvgIpc) is 2.76. The smallest absolute Gasteiger partial charge is 0.274 e. The first-order chi connectivity index (χ1) is 13.7. The predicted molar refractivity (Wildman–Crippen MR) is 105 cm³/mol. The Labute approximate surface area is 160 Å². The van der Waals surface area contributed by atoms with Crippen LogP contribution in [0.5, 0.6) is 0 Å². The minimum atomic E-state index is -0.295. The molecule has 3 heterocycles. The second kappa shape index (κ2) is 7.79. The number of pyridine rings is 2. The summed E-state index contributed by atoms with van der Waals surface area (Å²) in [5.74, 6) is -0.295. The normalized spacial score (nSPS) is 10.7. The van der Waals surface area contributed by atoms with Crippen molar-refractivity contribution in [3.05, 3.63) is 100 Å². The van der Waals surface area contributed by atoms with Crippen molar-refractivity contribution in [3.63, 3.8) is 0 Å². The molecule has 0 atom stereocenters. The molecule has 0 saturated heterocycles. The lowest BCUT2D eigenvalue weighted by Gasteiger charge is -2.12. The van der Waals surface area contributed by atoms with Gasteiger partial charge in [-0.15, -0.1) is 0 Å². The van der Waals surface area contributed by atoms with Gasteiger partial charge in [0.1, 0.15) is 5.69 Å². The first-order valence-corrected chi connectivity index (χ1v) is 8.79. The number of amides is 1. The highest BCUT2D eigenvalue weighted by Crippen LogP contribution is 2.14. The van der Waals surface area contributed by atoms with Crippen LogP contribution in [0.3, 0.4) is 0 Å². The summed E-state index contributed by atoms with van der Waals surface area (Å²) in [4.78, 5) is 33.3. The minimum Gasteiger partial charge on any atom is -0.345 e. The fourth-order valence-electron chi connectivity index (χ4n) is 2.96. The van der Waals surface area contributed by atoms with Crippen LogP contribution in [0.4, 0.5) is 0 Å². The van der Waals surface area contributed by atoms with Crippen LogP contribution in [0.15, 0.2) is 78.0 Å². The Morgan fingerprint density at radius 1 is 0.964 bits per heavy atom. The van der Waals surface area contributed by atoms with Gasteiger partial charge in [0, 0.05) is 24.0 Å². The lowest BCUT2D eigenvalue weighted by molar-refractivity contribution is 0.0945. The van der Waals surface area contributed by atoms with E-state index in [0.29, 0.717) is 23.3 Å². The van der Waals surface area contributed by atoms with Crippen LogP contribution in [0.25, 0.3) is 10.8 Å². The quantitative estimate of drug-likeness (QED) is 0.581. The number of hydrogen-bond acceptors (Lipinski definition) is 5. The van der Waals surface area contributed by atoms with Crippen molar-refractivity contribution in [2.45, 2.75) is 13.1 Å². The first kappa shape index (κ1) is 17.5. The number of nitrogens with one attached hydrogen (secondary N) is 1. The molecule has 138 valence electrons. The molecule has 0 aliphatic carbocycles. The summed E-state index contributed by atoms with van der Waals surface area (Å²) >= 11 is 0. The van der Waals surface area contributed by atoms with Gasteiger partial charge in [-0.3, -0.25) is 19.6 Å². The lowest BCUT2D eigenvalue weighted by Crippen LogP contribution is -2.29. The van der Waals surface area contributed by atoms with Crippen molar-refractivity contribution in [3.8, 4) is 0 Å². The SMILES string of the molecule is O=C(NCc1nn(Cc2cccnc2)c(=O)c2ccccc12)c1ccccn1. The molecule has 7 nitrogen and oxygen atoms in total. The number of fused-ring (bicyclic) bond motifs is 1. The van der Waals surface area contributed by atoms with E-state index in [-0.39, 0.29) is 18.0 Å². The topological polar surface area (TPSA) is 89.8 Å². The Morgan fingerprint density at radius 3 is 2.54 bits per heavy atom. The van der Waals surface area contributed by atoms with Crippen LogP contribution in [-0.4, -0.2) is 25.7 Å². The van der Waals surface area contributed by atoms with Crippen molar-refractivity contribution in [2.24, 2.45) is 0 Å². The number of hydrogen-bond donors (Lipinski definition) is 1. The zero-order valence-corrected chi connectivity index (χ0v) is 14.9. The molecule has 0 unspecified atom stereocenters. The molecule has 0 fully saturated rings. The van der Waals surface area contributed by atoms with Gasteiger partial charge < -0.3 is 5.32 Å². The largest absolute Gasteiger partial charge is 0.345 e. The Morgan fingerprint density at radius 2 is 1.79 bits per heavy atom. The molecule has 3 aromatic heterocycles. The van der Waals surface area contributed by atoms with Gasteiger partial charge in [0.15, 0.2) is 0 Å². The maximum Gasteiger partial charge on any atom is 0.274 e. The molecule has 0 spiro atoms.